The first-order valence-electron chi connectivity index (χ1n) is 8.00. The van der Waals surface area contributed by atoms with Crippen LogP contribution in [-0.2, 0) is 14.9 Å². The van der Waals surface area contributed by atoms with E-state index < -0.39 is 0 Å². The molecule has 2 heteroatoms. The molecule has 0 radical (unpaired) electrons. The Morgan fingerprint density at radius 3 is 2.45 bits per heavy atom. The number of carbonyl (C=O) groups excluding carboxylic acids is 1. The molecule has 3 rings (SSSR count). The zero-order chi connectivity index (χ0) is 13.8. The predicted octanol–water partition coefficient (Wildman–Crippen LogP) is 3.88. The van der Waals surface area contributed by atoms with Crippen molar-refractivity contribution in [2.24, 2.45) is 5.92 Å². The second-order valence-electron chi connectivity index (χ2n) is 6.29. The lowest BCUT2D eigenvalue weighted by atomic mass is 9.63. The molecule has 20 heavy (non-hydrogen) atoms. The molecule has 1 aliphatic heterocycles. The molecule has 1 aromatic rings. The number of hydrogen-bond donors (Lipinski definition) is 0. The van der Waals surface area contributed by atoms with Crippen LogP contribution in [-0.4, -0.2) is 19.0 Å². The van der Waals surface area contributed by atoms with Crippen LogP contribution in [0.3, 0.4) is 0 Å². The molecule has 108 valence electrons. The highest BCUT2D eigenvalue weighted by atomic mass is 16.5. The molecule has 1 unspecified atom stereocenters. The Bertz CT molecular complexity index is 440. The molecule has 0 bridgehead atoms. The van der Waals surface area contributed by atoms with Gasteiger partial charge in [-0.1, -0.05) is 49.6 Å². The first kappa shape index (κ1) is 13.8. The van der Waals surface area contributed by atoms with E-state index in [2.05, 4.69) is 24.3 Å². The quantitative estimate of drug-likeness (QED) is 0.834. The molecular weight excluding hydrogens is 248 g/mol. The third-order valence-electron chi connectivity index (χ3n) is 5.04. The Labute approximate surface area is 121 Å². The first-order valence-corrected chi connectivity index (χ1v) is 8.00. The van der Waals surface area contributed by atoms with Gasteiger partial charge in [-0.15, -0.1) is 0 Å². The van der Waals surface area contributed by atoms with E-state index in [1.165, 1.54) is 24.8 Å². The van der Waals surface area contributed by atoms with Gasteiger partial charge in [0.1, 0.15) is 5.78 Å². The van der Waals surface area contributed by atoms with Crippen LogP contribution in [0.15, 0.2) is 30.3 Å². The molecule has 2 aliphatic rings. The van der Waals surface area contributed by atoms with Gasteiger partial charge in [0.25, 0.3) is 0 Å². The molecule has 0 amide bonds. The molecule has 1 saturated heterocycles. The minimum atomic E-state index is -0.231. The van der Waals surface area contributed by atoms with Crippen LogP contribution >= 0.6 is 0 Å². The van der Waals surface area contributed by atoms with Crippen LogP contribution in [0, 0.1) is 5.92 Å². The zero-order valence-electron chi connectivity index (χ0n) is 12.1. The molecule has 1 heterocycles. The number of hydrogen-bond acceptors (Lipinski definition) is 2. The topological polar surface area (TPSA) is 26.3 Å². The smallest absolute Gasteiger partial charge is 0.148 e. The van der Waals surface area contributed by atoms with Gasteiger partial charge < -0.3 is 4.74 Å². The maximum Gasteiger partial charge on any atom is 0.148 e. The fraction of sp³-hybridized carbons (Fsp3) is 0.611. The zero-order valence-corrected chi connectivity index (χ0v) is 12.1. The van der Waals surface area contributed by atoms with Crippen LogP contribution in [0.5, 0.6) is 0 Å². The highest BCUT2D eigenvalue weighted by molar-refractivity contribution is 5.92. The Balaban J connectivity index is 1.91. The van der Waals surface area contributed by atoms with Crippen molar-refractivity contribution in [2.45, 2.75) is 50.4 Å². The van der Waals surface area contributed by atoms with Crippen LogP contribution in [0.1, 0.15) is 50.5 Å². The number of Topliss-reactive ketones (excluding diaryl/α,β-unsaturated/α-hetero) is 1. The van der Waals surface area contributed by atoms with Crippen molar-refractivity contribution >= 4 is 5.78 Å². The largest absolute Gasteiger partial charge is 0.381 e. The maximum absolute atomic E-state index is 13.2. The lowest BCUT2D eigenvalue weighted by molar-refractivity contribution is -0.134. The van der Waals surface area contributed by atoms with Crippen LogP contribution in [0.25, 0.3) is 0 Å². The van der Waals surface area contributed by atoms with Gasteiger partial charge in [0, 0.05) is 12.5 Å². The number of benzene rings is 1. The third-order valence-corrected chi connectivity index (χ3v) is 5.04. The van der Waals surface area contributed by atoms with Crippen molar-refractivity contribution in [1.82, 2.24) is 0 Å². The summed E-state index contributed by atoms with van der Waals surface area (Å²) in [6.45, 7) is 1.45. The molecule has 1 atom stereocenters. The SMILES string of the molecule is O=C(C1CCCOC1)C1(c2ccccc2)CCCCC1. The van der Waals surface area contributed by atoms with Gasteiger partial charge in [0.05, 0.1) is 12.0 Å². The molecule has 0 spiro atoms. The van der Waals surface area contributed by atoms with E-state index in [9.17, 15) is 4.79 Å². The summed E-state index contributed by atoms with van der Waals surface area (Å²) in [4.78, 5) is 13.2. The maximum atomic E-state index is 13.2. The lowest BCUT2D eigenvalue weighted by Gasteiger charge is -2.39. The molecule has 2 nitrogen and oxygen atoms in total. The average Bonchev–Trinajstić information content (AvgIpc) is 2.56. The van der Waals surface area contributed by atoms with E-state index in [1.54, 1.807) is 0 Å². The summed E-state index contributed by atoms with van der Waals surface area (Å²) in [6.07, 6.45) is 7.69. The van der Waals surface area contributed by atoms with E-state index in [0.717, 1.165) is 32.3 Å². The predicted molar refractivity (Wildman–Crippen MR) is 79.8 cm³/mol. The number of carbonyl (C=O) groups is 1. The van der Waals surface area contributed by atoms with Gasteiger partial charge >= 0.3 is 0 Å². The summed E-state index contributed by atoms with van der Waals surface area (Å²) in [5, 5.41) is 0. The third kappa shape index (κ3) is 2.54. The monoisotopic (exact) mass is 272 g/mol. The average molecular weight is 272 g/mol. The Kier molecular flexibility index (Phi) is 4.21. The first-order chi connectivity index (χ1) is 9.83. The van der Waals surface area contributed by atoms with Gasteiger partial charge in [0.2, 0.25) is 0 Å². The van der Waals surface area contributed by atoms with Crippen molar-refractivity contribution < 1.29 is 9.53 Å². The fourth-order valence-electron chi connectivity index (χ4n) is 3.93. The minimum Gasteiger partial charge on any atom is -0.381 e. The lowest BCUT2D eigenvalue weighted by Crippen LogP contribution is -2.44. The van der Waals surface area contributed by atoms with Gasteiger partial charge in [-0.25, -0.2) is 0 Å². The molecule has 0 N–H and O–H groups in total. The Morgan fingerprint density at radius 2 is 1.80 bits per heavy atom. The summed E-state index contributed by atoms with van der Waals surface area (Å²) >= 11 is 0. The summed E-state index contributed by atoms with van der Waals surface area (Å²) < 4.78 is 5.55. The fourth-order valence-corrected chi connectivity index (χ4v) is 3.93. The second kappa shape index (κ2) is 6.09. The molecule has 0 aromatic heterocycles. The van der Waals surface area contributed by atoms with Crippen LogP contribution in [0.4, 0.5) is 0 Å². The summed E-state index contributed by atoms with van der Waals surface area (Å²) in [5.41, 5.74) is 1.00. The normalized spacial score (nSPS) is 26.1. The van der Waals surface area contributed by atoms with E-state index in [4.69, 9.17) is 4.74 Å². The van der Waals surface area contributed by atoms with Gasteiger partial charge in [-0.3, -0.25) is 4.79 Å². The summed E-state index contributed by atoms with van der Waals surface area (Å²) in [5.74, 6) is 0.560. The number of ether oxygens (including phenoxy) is 1. The summed E-state index contributed by atoms with van der Waals surface area (Å²) in [6, 6.07) is 10.5. The van der Waals surface area contributed by atoms with Crippen molar-refractivity contribution in [1.29, 1.82) is 0 Å². The molecule has 1 saturated carbocycles. The number of rotatable bonds is 3. The van der Waals surface area contributed by atoms with Crippen LogP contribution in [0.2, 0.25) is 0 Å². The van der Waals surface area contributed by atoms with Crippen molar-refractivity contribution in [3.05, 3.63) is 35.9 Å². The second-order valence-corrected chi connectivity index (χ2v) is 6.29. The van der Waals surface area contributed by atoms with Gasteiger partial charge in [-0.05, 0) is 31.2 Å². The van der Waals surface area contributed by atoms with E-state index >= 15 is 0 Å². The molecule has 1 aromatic carbocycles. The Hall–Kier alpha value is -1.15. The van der Waals surface area contributed by atoms with Crippen molar-refractivity contribution in [3.8, 4) is 0 Å². The molecular formula is C18H24O2. The van der Waals surface area contributed by atoms with Crippen molar-refractivity contribution in [3.63, 3.8) is 0 Å². The highest BCUT2D eigenvalue weighted by Crippen LogP contribution is 2.42. The molecule has 2 fully saturated rings. The van der Waals surface area contributed by atoms with Gasteiger partial charge in [-0.2, -0.15) is 0 Å². The van der Waals surface area contributed by atoms with E-state index in [0.29, 0.717) is 12.4 Å². The Morgan fingerprint density at radius 1 is 1.05 bits per heavy atom. The molecule has 1 aliphatic carbocycles. The van der Waals surface area contributed by atoms with Crippen LogP contribution < -0.4 is 0 Å². The van der Waals surface area contributed by atoms with E-state index in [-0.39, 0.29) is 11.3 Å². The minimum absolute atomic E-state index is 0.113. The van der Waals surface area contributed by atoms with Gasteiger partial charge in [0.15, 0.2) is 0 Å². The highest BCUT2D eigenvalue weighted by Gasteiger charge is 2.44. The standard InChI is InChI=1S/C18H24O2/c19-17(15-8-7-13-20-14-15)18(11-5-2-6-12-18)16-9-3-1-4-10-16/h1,3-4,9-10,15H,2,5-8,11-14H2. The number of ketones is 1. The summed E-state index contributed by atoms with van der Waals surface area (Å²) in [7, 11) is 0. The van der Waals surface area contributed by atoms with E-state index in [1.807, 2.05) is 6.07 Å². The van der Waals surface area contributed by atoms with Crippen molar-refractivity contribution in [2.75, 3.05) is 13.2 Å².